The van der Waals surface area contributed by atoms with Crippen molar-refractivity contribution in [1.29, 1.82) is 0 Å². The van der Waals surface area contributed by atoms with E-state index in [2.05, 4.69) is 10.6 Å². The SMILES string of the molecule is Cc1ccc(N[C@H](NC(=O)CC(C)C)C(Cl)(Cl)Cl)c(C)c1. The summed E-state index contributed by atoms with van der Waals surface area (Å²) in [4.78, 5) is 11.9. The van der Waals surface area contributed by atoms with Crippen LogP contribution in [0.5, 0.6) is 0 Å². The fourth-order valence-electron chi connectivity index (χ4n) is 1.92. The first kappa shape index (κ1) is 18.4. The van der Waals surface area contributed by atoms with Crippen molar-refractivity contribution in [2.45, 2.75) is 44.1 Å². The molecule has 0 saturated carbocycles. The zero-order chi connectivity index (χ0) is 16.2. The molecule has 3 nitrogen and oxygen atoms in total. The molecule has 6 heteroatoms. The molecule has 1 rings (SSSR count). The number of carbonyl (C=O) groups excluding carboxylic acids is 1. The lowest BCUT2D eigenvalue weighted by Crippen LogP contribution is -2.49. The van der Waals surface area contributed by atoms with E-state index in [1.807, 2.05) is 45.9 Å². The topological polar surface area (TPSA) is 41.1 Å². The first-order chi connectivity index (χ1) is 9.59. The van der Waals surface area contributed by atoms with Gasteiger partial charge in [-0.25, -0.2) is 0 Å². The number of alkyl halides is 3. The van der Waals surface area contributed by atoms with Crippen LogP contribution in [0.15, 0.2) is 18.2 Å². The smallest absolute Gasteiger partial charge is 0.228 e. The number of aryl methyl sites for hydroxylation is 2. The highest BCUT2D eigenvalue weighted by Gasteiger charge is 2.34. The van der Waals surface area contributed by atoms with Crippen LogP contribution in [0.3, 0.4) is 0 Å². The number of halogens is 3. The number of carbonyl (C=O) groups is 1. The molecule has 118 valence electrons. The maximum absolute atomic E-state index is 11.9. The van der Waals surface area contributed by atoms with Gasteiger partial charge in [-0.1, -0.05) is 66.3 Å². The average Bonchev–Trinajstić information content (AvgIpc) is 2.29. The number of nitrogens with one attached hydrogen (secondary N) is 2. The normalized spacial score (nSPS) is 13.1. The number of rotatable bonds is 5. The Bertz CT molecular complexity index is 498. The Kier molecular flexibility index (Phi) is 6.64. The predicted molar refractivity (Wildman–Crippen MR) is 91.2 cm³/mol. The van der Waals surface area contributed by atoms with Gasteiger partial charge in [-0.15, -0.1) is 0 Å². The molecule has 21 heavy (non-hydrogen) atoms. The molecular formula is C15H21Cl3N2O. The van der Waals surface area contributed by atoms with Crippen molar-refractivity contribution in [3.63, 3.8) is 0 Å². The van der Waals surface area contributed by atoms with E-state index in [-0.39, 0.29) is 11.8 Å². The molecule has 0 heterocycles. The van der Waals surface area contributed by atoms with Crippen molar-refractivity contribution >= 4 is 46.4 Å². The first-order valence-corrected chi connectivity index (χ1v) is 7.93. The standard InChI is InChI=1S/C15H21Cl3N2O/c1-9(2)7-13(21)20-14(15(16,17)18)19-12-6-5-10(3)8-11(12)4/h5-6,8-9,14,19H,7H2,1-4H3,(H,20,21)/t14-/m1/s1. The third-order valence-corrected chi connectivity index (χ3v) is 3.56. The molecule has 0 aliphatic carbocycles. The van der Waals surface area contributed by atoms with Crippen molar-refractivity contribution in [3.05, 3.63) is 29.3 Å². The summed E-state index contributed by atoms with van der Waals surface area (Å²) in [7, 11) is 0. The van der Waals surface area contributed by atoms with Gasteiger partial charge in [-0.3, -0.25) is 4.79 Å². The number of benzene rings is 1. The molecule has 1 amide bonds. The minimum atomic E-state index is -1.65. The number of anilines is 1. The minimum Gasteiger partial charge on any atom is -0.362 e. The summed E-state index contributed by atoms with van der Waals surface area (Å²) in [5.74, 6) is 0.0840. The summed E-state index contributed by atoms with van der Waals surface area (Å²) in [6, 6.07) is 5.89. The average molecular weight is 352 g/mol. The third-order valence-electron chi connectivity index (χ3n) is 2.91. The van der Waals surface area contributed by atoms with Crippen molar-refractivity contribution in [3.8, 4) is 0 Å². The Morgan fingerprint density at radius 1 is 1.24 bits per heavy atom. The molecule has 0 saturated heterocycles. The molecule has 0 spiro atoms. The van der Waals surface area contributed by atoms with Gasteiger partial charge >= 0.3 is 0 Å². The second-order valence-electron chi connectivity index (χ2n) is 5.60. The van der Waals surface area contributed by atoms with E-state index in [4.69, 9.17) is 34.8 Å². The van der Waals surface area contributed by atoms with Crippen LogP contribution in [0.25, 0.3) is 0 Å². The highest BCUT2D eigenvalue weighted by atomic mass is 35.6. The maximum Gasteiger partial charge on any atom is 0.228 e. The second kappa shape index (κ2) is 7.57. The van der Waals surface area contributed by atoms with Crippen LogP contribution in [0.4, 0.5) is 5.69 Å². The lowest BCUT2D eigenvalue weighted by molar-refractivity contribution is -0.122. The van der Waals surface area contributed by atoms with Crippen LogP contribution in [0, 0.1) is 19.8 Å². The van der Waals surface area contributed by atoms with Gasteiger partial charge in [-0.2, -0.15) is 0 Å². The van der Waals surface area contributed by atoms with Gasteiger partial charge in [0.1, 0.15) is 6.17 Å². The first-order valence-electron chi connectivity index (χ1n) is 6.79. The van der Waals surface area contributed by atoms with Gasteiger partial charge in [0, 0.05) is 12.1 Å². The molecule has 0 bridgehead atoms. The van der Waals surface area contributed by atoms with Gasteiger partial charge in [-0.05, 0) is 31.4 Å². The summed E-state index contributed by atoms with van der Waals surface area (Å²) >= 11 is 17.9. The Balaban J connectivity index is 2.86. The van der Waals surface area contributed by atoms with Crippen molar-refractivity contribution in [2.24, 2.45) is 5.92 Å². The third kappa shape index (κ3) is 6.33. The van der Waals surface area contributed by atoms with Gasteiger partial charge in [0.2, 0.25) is 9.70 Å². The van der Waals surface area contributed by atoms with Crippen LogP contribution in [0.1, 0.15) is 31.4 Å². The van der Waals surface area contributed by atoms with Gasteiger partial charge in [0.15, 0.2) is 0 Å². The lowest BCUT2D eigenvalue weighted by atomic mass is 10.1. The van der Waals surface area contributed by atoms with E-state index < -0.39 is 9.96 Å². The number of hydrogen-bond acceptors (Lipinski definition) is 2. The molecule has 0 aromatic heterocycles. The highest BCUT2D eigenvalue weighted by molar-refractivity contribution is 6.68. The number of hydrogen-bond donors (Lipinski definition) is 2. The summed E-state index contributed by atoms with van der Waals surface area (Å²) in [5, 5.41) is 5.82. The monoisotopic (exact) mass is 350 g/mol. The van der Waals surface area contributed by atoms with Crippen LogP contribution in [-0.4, -0.2) is 15.9 Å². The van der Waals surface area contributed by atoms with Crippen LogP contribution >= 0.6 is 34.8 Å². The summed E-state index contributed by atoms with van der Waals surface area (Å²) in [5.41, 5.74) is 2.99. The molecule has 1 aromatic rings. The predicted octanol–water partition coefficient (Wildman–Crippen LogP) is 4.57. The maximum atomic E-state index is 11.9. The minimum absolute atomic E-state index is 0.154. The van der Waals surface area contributed by atoms with E-state index in [0.29, 0.717) is 6.42 Å². The highest BCUT2D eigenvalue weighted by Crippen LogP contribution is 2.32. The lowest BCUT2D eigenvalue weighted by Gasteiger charge is -2.28. The summed E-state index contributed by atoms with van der Waals surface area (Å²) < 4.78 is -1.65. The van der Waals surface area contributed by atoms with Crippen LogP contribution in [0.2, 0.25) is 0 Å². The Labute approximate surface area is 141 Å². The van der Waals surface area contributed by atoms with Gasteiger partial charge < -0.3 is 10.6 Å². The second-order valence-corrected chi connectivity index (χ2v) is 7.97. The Hall–Kier alpha value is -0.640. The van der Waals surface area contributed by atoms with Gasteiger partial charge in [0.25, 0.3) is 0 Å². The number of amides is 1. The zero-order valence-corrected chi connectivity index (χ0v) is 14.9. The fraction of sp³-hybridized carbons (Fsp3) is 0.533. The molecule has 1 atom stereocenters. The van der Waals surface area contributed by atoms with E-state index in [0.717, 1.165) is 16.8 Å². The fourth-order valence-corrected chi connectivity index (χ4v) is 2.25. The molecule has 0 aliphatic heterocycles. The van der Waals surface area contributed by atoms with Gasteiger partial charge in [0.05, 0.1) is 0 Å². The van der Waals surface area contributed by atoms with E-state index in [1.54, 1.807) is 0 Å². The van der Waals surface area contributed by atoms with E-state index in [1.165, 1.54) is 0 Å². The Morgan fingerprint density at radius 3 is 2.33 bits per heavy atom. The molecular weight excluding hydrogens is 331 g/mol. The summed E-state index contributed by atoms with van der Waals surface area (Å²) in [6.07, 6.45) is -0.415. The molecule has 0 aliphatic rings. The molecule has 0 fully saturated rings. The van der Waals surface area contributed by atoms with Crippen molar-refractivity contribution in [2.75, 3.05) is 5.32 Å². The van der Waals surface area contributed by atoms with E-state index in [9.17, 15) is 4.79 Å². The molecule has 1 aromatic carbocycles. The zero-order valence-electron chi connectivity index (χ0n) is 12.6. The van der Waals surface area contributed by atoms with Crippen LogP contribution in [-0.2, 0) is 4.79 Å². The molecule has 0 unspecified atom stereocenters. The quantitative estimate of drug-likeness (QED) is 0.602. The largest absolute Gasteiger partial charge is 0.362 e. The van der Waals surface area contributed by atoms with E-state index >= 15 is 0 Å². The summed E-state index contributed by atoms with van der Waals surface area (Å²) in [6.45, 7) is 7.89. The van der Waals surface area contributed by atoms with Crippen molar-refractivity contribution < 1.29 is 4.79 Å². The molecule has 0 radical (unpaired) electrons. The van der Waals surface area contributed by atoms with Crippen molar-refractivity contribution in [1.82, 2.24) is 5.32 Å². The molecule has 2 N–H and O–H groups in total. The van der Waals surface area contributed by atoms with Crippen LogP contribution < -0.4 is 10.6 Å². The Morgan fingerprint density at radius 2 is 1.86 bits per heavy atom.